The zero-order valence-corrected chi connectivity index (χ0v) is 12.6. The molecule has 0 radical (unpaired) electrons. The molecule has 6 heteroatoms. The molecule has 1 N–H and O–H groups in total. The number of thioether (sulfide) groups is 1. The van der Waals surface area contributed by atoms with Crippen molar-refractivity contribution in [2.45, 2.75) is 18.1 Å². The van der Waals surface area contributed by atoms with Gasteiger partial charge in [-0.1, -0.05) is 19.1 Å². The fraction of sp³-hybridized carbons (Fsp3) is 0.333. The van der Waals surface area contributed by atoms with Gasteiger partial charge in [-0.05, 0) is 17.9 Å². The minimum Gasteiger partial charge on any atom is -0.486 e. The number of nitrogens with one attached hydrogen (secondary N) is 1. The fourth-order valence-electron chi connectivity index (χ4n) is 2.03. The maximum Gasteiger partial charge on any atom is 0.161 e. The van der Waals surface area contributed by atoms with Gasteiger partial charge in [0.2, 0.25) is 0 Å². The van der Waals surface area contributed by atoms with Gasteiger partial charge in [-0.3, -0.25) is 4.98 Å². The molecule has 2 heterocycles. The molecule has 0 amide bonds. The summed E-state index contributed by atoms with van der Waals surface area (Å²) in [7, 11) is 0. The smallest absolute Gasteiger partial charge is 0.161 e. The molecule has 3 rings (SSSR count). The lowest BCUT2D eigenvalue weighted by Gasteiger charge is -2.26. The summed E-state index contributed by atoms with van der Waals surface area (Å²) in [4.78, 5) is 8.67. The predicted octanol–water partition coefficient (Wildman–Crippen LogP) is 2.84. The Morgan fingerprint density at radius 3 is 3.00 bits per heavy atom. The molecule has 0 fully saturated rings. The predicted molar refractivity (Wildman–Crippen MR) is 83.3 cm³/mol. The number of benzene rings is 1. The van der Waals surface area contributed by atoms with E-state index in [1.54, 1.807) is 24.2 Å². The molecule has 21 heavy (non-hydrogen) atoms. The Morgan fingerprint density at radius 1 is 1.29 bits per heavy atom. The molecule has 0 saturated carbocycles. The maximum absolute atomic E-state index is 5.89. The van der Waals surface area contributed by atoms with Crippen molar-refractivity contribution in [2.75, 3.05) is 24.2 Å². The van der Waals surface area contributed by atoms with E-state index in [0.717, 1.165) is 28.1 Å². The van der Waals surface area contributed by atoms with E-state index in [9.17, 15) is 0 Å². The van der Waals surface area contributed by atoms with E-state index in [1.807, 2.05) is 24.3 Å². The van der Waals surface area contributed by atoms with Crippen molar-refractivity contribution in [1.82, 2.24) is 9.97 Å². The van der Waals surface area contributed by atoms with Gasteiger partial charge in [-0.15, -0.1) is 11.8 Å². The quantitative estimate of drug-likeness (QED) is 0.857. The summed E-state index contributed by atoms with van der Waals surface area (Å²) in [5, 5.41) is 4.18. The van der Waals surface area contributed by atoms with Crippen LogP contribution < -0.4 is 14.8 Å². The van der Waals surface area contributed by atoms with Crippen molar-refractivity contribution in [3.8, 4) is 11.5 Å². The first-order valence-corrected chi connectivity index (χ1v) is 7.91. The molecule has 5 nitrogen and oxygen atoms in total. The highest BCUT2D eigenvalue weighted by Crippen LogP contribution is 2.30. The first-order valence-electron chi connectivity index (χ1n) is 6.92. The van der Waals surface area contributed by atoms with Crippen LogP contribution in [-0.4, -0.2) is 35.0 Å². The topological polar surface area (TPSA) is 56.3 Å². The van der Waals surface area contributed by atoms with Gasteiger partial charge in [0.1, 0.15) is 23.6 Å². The summed E-state index contributed by atoms with van der Waals surface area (Å²) in [5.74, 6) is 3.33. The molecule has 110 valence electrons. The normalized spacial score (nSPS) is 16.5. The molecule has 1 atom stereocenters. The van der Waals surface area contributed by atoms with E-state index >= 15 is 0 Å². The highest BCUT2D eigenvalue weighted by Gasteiger charge is 2.20. The second kappa shape index (κ2) is 6.67. The van der Waals surface area contributed by atoms with E-state index < -0.39 is 0 Å². The van der Waals surface area contributed by atoms with Gasteiger partial charge < -0.3 is 14.8 Å². The van der Waals surface area contributed by atoms with Crippen molar-refractivity contribution < 1.29 is 9.47 Å². The van der Waals surface area contributed by atoms with Gasteiger partial charge in [-0.25, -0.2) is 4.98 Å². The van der Waals surface area contributed by atoms with Crippen LogP contribution in [0.1, 0.15) is 6.92 Å². The van der Waals surface area contributed by atoms with Crippen LogP contribution in [0, 0.1) is 0 Å². The van der Waals surface area contributed by atoms with Crippen LogP contribution in [0.5, 0.6) is 11.5 Å². The van der Waals surface area contributed by atoms with Crippen LogP contribution in [0.3, 0.4) is 0 Å². The Balaban J connectivity index is 1.58. The minimum absolute atomic E-state index is 0.0378. The zero-order valence-electron chi connectivity index (χ0n) is 11.8. The van der Waals surface area contributed by atoms with Gasteiger partial charge in [0, 0.05) is 0 Å². The summed E-state index contributed by atoms with van der Waals surface area (Å²) in [6.45, 7) is 3.25. The zero-order chi connectivity index (χ0) is 14.5. The van der Waals surface area contributed by atoms with Crippen LogP contribution in [-0.2, 0) is 0 Å². The highest BCUT2D eigenvalue weighted by molar-refractivity contribution is 7.99. The monoisotopic (exact) mass is 303 g/mol. The molecule has 0 bridgehead atoms. The molecular weight excluding hydrogens is 286 g/mol. The summed E-state index contributed by atoms with van der Waals surface area (Å²) in [6.07, 6.45) is 3.46. The molecule has 1 aliphatic rings. The molecule has 2 aromatic rings. The summed E-state index contributed by atoms with van der Waals surface area (Å²) >= 11 is 1.67. The molecule has 1 aromatic heterocycles. The van der Waals surface area contributed by atoms with Crippen molar-refractivity contribution in [3.63, 3.8) is 0 Å². The average Bonchev–Trinajstić information content (AvgIpc) is 2.53. The summed E-state index contributed by atoms with van der Waals surface area (Å²) < 4.78 is 11.6. The lowest BCUT2D eigenvalue weighted by atomic mass is 10.2. The number of anilines is 1. The maximum atomic E-state index is 5.89. The van der Waals surface area contributed by atoms with Gasteiger partial charge in [0.05, 0.1) is 18.9 Å². The lowest BCUT2D eigenvalue weighted by molar-refractivity contribution is 0.0997. The number of aromatic nitrogens is 2. The SMILES string of the molecule is CCSc1cncc(NC[C@H]2COc3ccccc3O2)n1. The Hall–Kier alpha value is -1.95. The van der Waals surface area contributed by atoms with Crippen LogP contribution in [0.15, 0.2) is 41.7 Å². The van der Waals surface area contributed by atoms with Gasteiger partial charge >= 0.3 is 0 Å². The van der Waals surface area contributed by atoms with Crippen molar-refractivity contribution >= 4 is 17.6 Å². The Morgan fingerprint density at radius 2 is 2.14 bits per heavy atom. The van der Waals surface area contributed by atoms with Crippen molar-refractivity contribution in [1.29, 1.82) is 0 Å². The second-order valence-corrected chi connectivity index (χ2v) is 5.84. The third-order valence-corrected chi connectivity index (χ3v) is 3.76. The average molecular weight is 303 g/mol. The van der Waals surface area contributed by atoms with Gasteiger partial charge in [-0.2, -0.15) is 0 Å². The molecule has 1 aromatic carbocycles. The molecule has 0 unspecified atom stereocenters. The van der Waals surface area contributed by atoms with Crippen LogP contribution >= 0.6 is 11.8 Å². The number of fused-ring (bicyclic) bond motifs is 1. The van der Waals surface area contributed by atoms with E-state index in [1.165, 1.54) is 0 Å². The number of nitrogens with zero attached hydrogens (tertiary/aromatic N) is 2. The number of para-hydroxylation sites is 2. The largest absolute Gasteiger partial charge is 0.486 e. The van der Waals surface area contributed by atoms with Crippen LogP contribution in [0.2, 0.25) is 0 Å². The van der Waals surface area contributed by atoms with E-state index in [-0.39, 0.29) is 6.10 Å². The minimum atomic E-state index is -0.0378. The Kier molecular flexibility index (Phi) is 4.45. The lowest BCUT2D eigenvalue weighted by Crippen LogP contribution is -2.35. The number of ether oxygens (including phenoxy) is 2. The highest BCUT2D eigenvalue weighted by atomic mass is 32.2. The number of rotatable bonds is 5. The van der Waals surface area contributed by atoms with Gasteiger partial charge in [0.15, 0.2) is 11.5 Å². The first-order chi connectivity index (χ1) is 10.3. The number of hydrogen-bond acceptors (Lipinski definition) is 6. The third-order valence-electron chi connectivity index (χ3n) is 2.98. The molecular formula is C15H17N3O2S. The van der Waals surface area contributed by atoms with Crippen molar-refractivity contribution in [3.05, 3.63) is 36.7 Å². The van der Waals surface area contributed by atoms with E-state index in [4.69, 9.17) is 9.47 Å². The Labute approximate surface area is 128 Å². The standard InChI is InChI=1S/C15H17N3O2S/c1-2-21-15-9-16-8-14(18-15)17-7-11-10-19-12-5-3-4-6-13(12)20-11/h3-6,8-9,11H,2,7,10H2,1H3,(H,17,18)/t11-/m0/s1. The Bertz CT molecular complexity index is 609. The van der Waals surface area contributed by atoms with Crippen molar-refractivity contribution in [2.24, 2.45) is 0 Å². The van der Waals surface area contributed by atoms with Crippen LogP contribution in [0.25, 0.3) is 0 Å². The van der Waals surface area contributed by atoms with Crippen LogP contribution in [0.4, 0.5) is 5.82 Å². The third kappa shape index (κ3) is 3.58. The molecule has 1 aliphatic heterocycles. The number of hydrogen-bond donors (Lipinski definition) is 1. The molecule has 0 aliphatic carbocycles. The fourth-order valence-corrected chi connectivity index (χ4v) is 2.63. The second-order valence-electron chi connectivity index (χ2n) is 4.55. The van der Waals surface area contributed by atoms with Gasteiger partial charge in [0.25, 0.3) is 0 Å². The summed E-state index contributed by atoms with van der Waals surface area (Å²) in [5.41, 5.74) is 0. The molecule has 0 spiro atoms. The summed E-state index contributed by atoms with van der Waals surface area (Å²) in [6, 6.07) is 7.71. The van der Waals surface area contributed by atoms with E-state index in [0.29, 0.717) is 13.2 Å². The first kappa shape index (κ1) is 14.0. The molecule has 0 saturated heterocycles. The van der Waals surface area contributed by atoms with E-state index in [2.05, 4.69) is 22.2 Å².